The monoisotopic (exact) mass is 973 g/mol. The minimum Gasteiger partial charge on any atom is -0.462 e. The number of allylic oxidation sites excluding steroid dienone is 2. The molecule has 0 amide bonds. The summed E-state index contributed by atoms with van der Waals surface area (Å²) in [5.74, 6) is -0.840. The predicted octanol–water partition coefficient (Wildman–Crippen LogP) is 20.9. The van der Waals surface area contributed by atoms with Gasteiger partial charge in [0.15, 0.2) is 6.10 Å². The average molecular weight is 974 g/mol. The van der Waals surface area contributed by atoms with Crippen molar-refractivity contribution in [1.82, 2.24) is 0 Å². The van der Waals surface area contributed by atoms with Gasteiger partial charge in [-0.1, -0.05) is 303 Å². The summed E-state index contributed by atoms with van der Waals surface area (Å²) in [4.78, 5) is 38.3. The van der Waals surface area contributed by atoms with Crippen LogP contribution in [0.5, 0.6) is 0 Å². The highest BCUT2D eigenvalue weighted by atomic mass is 16.6. The van der Waals surface area contributed by atoms with Gasteiger partial charge in [-0.05, 0) is 44.9 Å². The zero-order chi connectivity index (χ0) is 50.0. The first kappa shape index (κ1) is 67.1. The fraction of sp³-hybridized carbons (Fsp3) is 0.921. The van der Waals surface area contributed by atoms with Crippen LogP contribution in [0.2, 0.25) is 0 Å². The van der Waals surface area contributed by atoms with Crippen LogP contribution in [-0.4, -0.2) is 37.2 Å². The summed E-state index contributed by atoms with van der Waals surface area (Å²) in [6, 6.07) is 0. The van der Waals surface area contributed by atoms with Gasteiger partial charge in [-0.3, -0.25) is 14.4 Å². The van der Waals surface area contributed by atoms with Crippen LogP contribution in [0.25, 0.3) is 0 Å². The van der Waals surface area contributed by atoms with Crippen LogP contribution in [0.15, 0.2) is 12.2 Å². The Kier molecular flexibility index (Phi) is 57.1. The molecule has 0 aliphatic rings. The van der Waals surface area contributed by atoms with Gasteiger partial charge in [-0.15, -0.1) is 0 Å². The van der Waals surface area contributed by atoms with Crippen molar-refractivity contribution < 1.29 is 28.6 Å². The van der Waals surface area contributed by atoms with Gasteiger partial charge in [0, 0.05) is 19.3 Å². The van der Waals surface area contributed by atoms with Crippen LogP contribution in [0.4, 0.5) is 0 Å². The Hall–Kier alpha value is -1.85. The number of esters is 3. The summed E-state index contributed by atoms with van der Waals surface area (Å²) in [6.45, 7) is 6.70. The Morgan fingerprint density at radius 2 is 0.478 bits per heavy atom. The van der Waals surface area contributed by atoms with Crippen molar-refractivity contribution in [2.75, 3.05) is 13.2 Å². The predicted molar refractivity (Wildman–Crippen MR) is 298 cm³/mol. The summed E-state index contributed by atoms with van der Waals surface area (Å²) in [6.07, 6.45) is 67.8. The Bertz CT molecular complexity index is 1070. The van der Waals surface area contributed by atoms with Crippen LogP contribution < -0.4 is 0 Å². The third-order valence-corrected chi connectivity index (χ3v) is 14.3. The molecular weight excluding hydrogens is 853 g/mol. The van der Waals surface area contributed by atoms with Crippen molar-refractivity contribution in [2.24, 2.45) is 0 Å². The van der Waals surface area contributed by atoms with Gasteiger partial charge in [0.1, 0.15) is 13.2 Å². The first-order valence-corrected chi connectivity index (χ1v) is 31.2. The molecular formula is C63H120O6. The highest BCUT2D eigenvalue weighted by Crippen LogP contribution is 2.18. The summed E-state index contributed by atoms with van der Waals surface area (Å²) in [7, 11) is 0. The molecule has 0 N–H and O–H groups in total. The second kappa shape index (κ2) is 58.7. The van der Waals surface area contributed by atoms with Crippen LogP contribution in [0, 0.1) is 0 Å². The minimum absolute atomic E-state index is 0.0653. The van der Waals surface area contributed by atoms with E-state index in [1.807, 2.05) is 0 Å². The fourth-order valence-electron chi connectivity index (χ4n) is 9.56. The van der Waals surface area contributed by atoms with Gasteiger partial charge in [-0.2, -0.15) is 0 Å². The van der Waals surface area contributed by atoms with E-state index in [1.165, 1.54) is 257 Å². The summed E-state index contributed by atoms with van der Waals surface area (Å²) < 4.78 is 16.9. The number of hydrogen-bond donors (Lipinski definition) is 0. The molecule has 0 aliphatic heterocycles. The molecule has 6 heteroatoms. The molecule has 0 fully saturated rings. The number of rotatable bonds is 58. The lowest BCUT2D eigenvalue weighted by Crippen LogP contribution is -2.30. The minimum atomic E-state index is -0.767. The summed E-state index contributed by atoms with van der Waals surface area (Å²) in [5.41, 5.74) is 0. The van der Waals surface area contributed by atoms with Gasteiger partial charge < -0.3 is 14.2 Å². The first-order chi connectivity index (χ1) is 34.0. The smallest absolute Gasteiger partial charge is 0.306 e. The maximum absolute atomic E-state index is 12.9. The van der Waals surface area contributed by atoms with E-state index in [0.717, 1.165) is 57.8 Å². The molecule has 0 radical (unpaired) electrons. The Balaban J connectivity index is 4.29. The maximum Gasteiger partial charge on any atom is 0.306 e. The number of carbonyl (C=O) groups excluding carboxylic acids is 3. The highest BCUT2D eigenvalue weighted by Gasteiger charge is 2.19. The van der Waals surface area contributed by atoms with Crippen molar-refractivity contribution in [3.05, 3.63) is 12.2 Å². The molecule has 0 saturated carbocycles. The van der Waals surface area contributed by atoms with Gasteiger partial charge in [-0.25, -0.2) is 0 Å². The third-order valence-electron chi connectivity index (χ3n) is 14.3. The van der Waals surface area contributed by atoms with Crippen LogP contribution in [0.1, 0.15) is 355 Å². The lowest BCUT2D eigenvalue weighted by Gasteiger charge is -2.18. The zero-order valence-corrected chi connectivity index (χ0v) is 46.9. The lowest BCUT2D eigenvalue weighted by molar-refractivity contribution is -0.167. The topological polar surface area (TPSA) is 78.9 Å². The van der Waals surface area contributed by atoms with Crippen molar-refractivity contribution in [1.29, 1.82) is 0 Å². The molecule has 0 aromatic carbocycles. The summed E-state index contributed by atoms with van der Waals surface area (Å²) in [5, 5.41) is 0. The van der Waals surface area contributed by atoms with Crippen molar-refractivity contribution in [2.45, 2.75) is 361 Å². The SMILES string of the molecule is CCCCCC/C=C\CCCCCCCCCC(=O)OC(COC(=O)CCCCCCCCCCCCCCCCCCC)COC(=O)CCCCCCCCCCCCCCCCCCCCC. The second-order valence-electron chi connectivity index (χ2n) is 21.3. The molecule has 0 rings (SSSR count). The van der Waals surface area contributed by atoms with E-state index in [-0.39, 0.29) is 31.1 Å². The molecule has 0 heterocycles. The standard InChI is InChI=1S/C63H120O6/c1-4-7-10-13-16-19-22-25-28-30-31-33-36-38-41-44-47-50-53-56-62(65)68-59-60(69-63(66)57-54-51-48-45-42-39-34-27-24-21-18-15-12-9-6-3)58-67-61(64)55-52-49-46-43-40-37-35-32-29-26-23-20-17-14-11-8-5-2/h21,24,60H,4-20,22-23,25-59H2,1-3H3/b24-21-. The van der Waals surface area contributed by atoms with Crippen molar-refractivity contribution >= 4 is 17.9 Å². The molecule has 0 spiro atoms. The maximum atomic E-state index is 12.9. The number of ether oxygens (including phenoxy) is 3. The molecule has 0 aromatic heterocycles. The van der Waals surface area contributed by atoms with E-state index >= 15 is 0 Å². The Morgan fingerprint density at radius 3 is 0.739 bits per heavy atom. The van der Waals surface area contributed by atoms with Crippen LogP contribution in [-0.2, 0) is 28.6 Å². The first-order valence-electron chi connectivity index (χ1n) is 31.2. The molecule has 0 saturated heterocycles. The lowest BCUT2D eigenvalue weighted by atomic mass is 10.0. The van der Waals surface area contributed by atoms with Crippen LogP contribution in [0.3, 0.4) is 0 Å². The molecule has 1 unspecified atom stereocenters. The van der Waals surface area contributed by atoms with Gasteiger partial charge in [0.05, 0.1) is 0 Å². The van der Waals surface area contributed by atoms with E-state index in [4.69, 9.17) is 14.2 Å². The highest BCUT2D eigenvalue weighted by molar-refractivity contribution is 5.71. The van der Waals surface area contributed by atoms with Crippen LogP contribution >= 0.6 is 0 Å². The molecule has 408 valence electrons. The van der Waals surface area contributed by atoms with E-state index in [9.17, 15) is 14.4 Å². The van der Waals surface area contributed by atoms with E-state index < -0.39 is 6.10 Å². The third kappa shape index (κ3) is 56.9. The normalized spacial score (nSPS) is 12.0. The largest absolute Gasteiger partial charge is 0.462 e. The second-order valence-corrected chi connectivity index (χ2v) is 21.3. The van der Waals surface area contributed by atoms with E-state index in [1.54, 1.807) is 0 Å². The summed E-state index contributed by atoms with van der Waals surface area (Å²) >= 11 is 0. The van der Waals surface area contributed by atoms with Crippen molar-refractivity contribution in [3.63, 3.8) is 0 Å². The number of unbranched alkanes of at least 4 members (excludes halogenated alkanes) is 45. The fourth-order valence-corrected chi connectivity index (χ4v) is 9.56. The Morgan fingerprint density at radius 1 is 0.275 bits per heavy atom. The van der Waals surface area contributed by atoms with Gasteiger partial charge >= 0.3 is 17.9 Å². The van der Waals surface area contributed by atoms with Crippen molar-refractivity contribution in [3.8, 4) is 0 Å². The number of hydrogen-bond acceptors (Lipinski definition) is 6. The zero-order valence-electron chi connectivity index (χ0n) is 46.9. The Labute approximate surface area is 431 Å². The molecule has 0 bridgehead atoms. The molecule has 0 aromatic rings. The van der Waals surface area contributed by atoms with E-state index in [0.29, 0.717) is 19.3 Å². The molecule has 6 nitrogen and oxygen atoms in total. The van der Waals surface area contributed by atoms with E-state index in [2.05, 4.69) is 32.9 Å². The van der Waals surface area contributed by atoms with Gasteiger partial charge in [0.2, 0.25) is 0 Å². The average Bonchev–Trinajstić information content (AvgIpc) is 3.35. The quantitative estimate of drug-likeness (QED) is 0.0261. The van der Waals surface area contributed by atoms with Gasteiger partial charge in [0.25, 0.3) is 0 Å². The molecule has 69 heavy (non-hydrogen) atoms. The molecule has 0 aliphatic carbocycles. The number of carbonyl (C=O) groups is 3. The molecule has 1 atom stereocenters.